The molecule has 0 unspecified atom stereocenters. The molecule has 1 fully saturated rings. The highest BCUT2D eigenvalue weighted by molar-refractivity contribution is 5.76. The minimum Gasteiger partial charge on any atom is -0.338 e. The van der Waals surface area contributed by atoms with E-state index >= 15 is 0 Å². The molecule has 1 aliphatic rings. The van der Waals surface area contributed by atoms with Crippen LogP contribution in [0.1, 0.15) is 5.56 Å². The first-order valence-electron chi connectivity index (χ1n) is 9.76. The summed E-state index contributed by atoms with van der Waals surface area (Å²) >= 11 is 0. The van der Waals surface area contributed by atoms with Crippen LogP contribution in [0.3, 0.4) is 0 Å². The molecule has 154 valence electrons. The SMILES string of the molecule is O=C(Cn1c(=O)ccn(Cc2ccccc2)c1=O)N1CCN(c2ncccn2)CC1. The summed E-state index contributed by atoms with van der Waals surface area (Å²) in [6.07, 6.45) is 4.83. The van der Waals surface area contributed by atoms with Crippen molar-refractivity contribution >= 4 is 11.9 Å². The Morgan fingerprint density at radius 1 is 0.900 bits per heavy atom. The minimum absolute atomic E-state index is 0.250. The molecule has 2 aromatic heterocycles. The van der Waals surface area contributed by atoms with E-state index < -0.39 is 11.2 Å². The fraction of sp³-hybridized carbons (Fsp3) is 0.286. The molecule has 1 amide bonds. The second-order valence-corrected chi connectivity index (χ2v) is 7.05. The van der Waals surface area contributed by atoms with Gasteiger partial charge in [-0.05, 0) is 11.6 Å². The largest absolute Gasteiger partial charge is 0.338 e. The van der Waals surface area contributed by atoms with Crippen molar-refractivity contribution in [2.45, 2.75) is 13.1 Å². The number of anilines is 1. The molecule has 4 rings (SSSR count). The lowest BCUT2D eigenvalue weighted by Crippen LogP contribution is -2.51. The molecule has 1 saturated heterocycles. The van der Waals surface area contributed by atoms with Gasteiger partial charge in [-0.2, -0.15) is 0 Å². The van der Waals surface area contributed by atoms with Gasteiger partial charge in [0.15, 0.2) is 0 Å². The van der Waals surface area contributed by atoms with Crippen LogP contribution in [0.25, 0.3) is 0 Å². The fourth-order valence-corrected chi connectivity index (χ4v) is 3.45. The summed E-state index contributed by atoms with van der Waals surface area (Å²) in [5.41, 5.74) is -0.0274. The van der Waals surface area contributed by atoms with Gasteiger partial charge in [0.25, 0.3) is 5.56 Å². The van der Waals surface area contributed by atoms with Gasteiger partial charge in [-0.25, -0.2) is 14.8 Å². The number of piperazine rings is 1. The number of benzene rings is 1. The average molecular weight is 406 g/mol. The van der Waals surface area contributed by atoms with Crippen molar-refractivity contribution in [1.82, 2.24) is 24.0 Å². The lowest BCUT2D eigenvalue weighted by Gasteiger charge is -2.34. The number of carbonyl (C=O) groups excluding carboxylic acids is 1. The predicted molar refractivity (Wildman–Crippen MR) is 111 cm³/mol. The van der Waals surface area contributed by atoms with E-state index in [9.17, 15) is 14.4 Å². The minimum atomic E-state index is -0.490. The van der Waals surface area contributed by atoms with Crippen molar-refractivity contribution in [2.24, 2.45) is 0 Å². The van der Waals surface area contributed by atoms with E-state index in [0.717, 1.165) is 10.1 Å². The molecule has 9 heteroatoms. The van der Waals surface area contributed by atoms with Crippen LogP contribution in [0.2, 0.25) is 0 Å². The molecule has 3 aromatic rings. The van der Waals surface area contributed by atoms with Crippen molar-refractivity contribution in [2.75, 3.05) is 31.1 Å². The Balaban J connectivity index is 1.44. The normalized spacial score (nSPS) is 14.0. The maximum atomic E-state index is 12.8. The van der Waals surface area contributed by atoms with Crippen molar-refractivity contribution < 1.29 is 4.79 Å². The summed E-state index contributed by atoms with van der Waals surface area (Å²) in [6.45, 7) is 2.22. The number of nitrogens with zero attached hydrogens (tertiary/aromatic N) is 6. The number of carbonyl (C=O) groups is 1. The summed E-state index contributed by atoms with van der Waals surface area (Å²) in [7, 11) is 0. The number of aromatic nitrogens is 4. The van der Waals surface area contributed by atoms with Crippen molar-refractivity contribution in [3.8, 4) is 0 Å². The van der Waals surface area contributed by atoms with Crippen molar-refractivity contribution in [1.29, 1.82) is 0 Å². The third-order valence-electron chi connectivity index (χ3n) is 5.10. The summed E-state index contributed by atoms with van der Waals surface area (Å²) < 4.78 is 2.44. The molecule has 0 bridgehead atoms. The van der Waals surface area contributed by atoms with Gasteiger partial charge >= 0.3 is 5.69 Å². The third kappa shape index (κ3) is 4.29. The molecule has 0 atom stereocenters. The van der Waals surface area contributed by atoms with E-state index in [0.29, 0.717) is 38.7 Å². The number of hydrogen-bond acceptors (Lipinski definition) is 6. The average Bonchev–Trinajstić information content (AvgIpc) is 2.80. The first-order valence-corrected chi connectivity index (χ1v) is 9.76. The molecular weight excluding hydrogens is 384 g/mol. The smallest absolute Gasteiger partial charge is 0.331 e. The number of amides is 1. The van der Waals surface area contributed by atoms with Crippen LogP contribution in [0.5, 0.6) is 0 Å². The van der Waals surface area contributed by atoms with Gasteiger partial charge in [0, 0.05) is 50.8 Å². The van der Waals surface area contributed by atoms with Crippen LogP contribution < -0.4 is 16.1 Å². The highest BCUT2D eigenvalue weighted by Gasteiger charge is 2.23. The molecular formula is C21H22N6O3. The quantitative estimate of drug-likeness (QED) is 0.601. The Morgan fingerprint density at radius 3 is 2.30 bits per heavy atom. The maximum absolute atomic E-state index is 12.8. The zero-order valence-electron chi connectivity index (χ0n) is 16.4. The zero-order valence-corrected chi connectivity index (χ0v) is 16.4. The summed E-state index contributed by atoms with van der Waals surface area (Å²) in [5.74, 6) is 0.382. The Labute approximate surface area is 172 Å². The Morgan fingerprint density at radius 2 is 1.60 bits per heavy atom. The van der Waals surface area contributed by atoms with E-state index in [2.05, 4.69) is 9.97 Å². The van der Waals surface area contributed by atoms with Gasteiger partial charge in [-0.1, -0.05) is 30.3 Å². The van der Waals surface area contributed by atoms with Crippen LogP contribution in [-0.2, 0) is 17.9 Å². The van der Waals surface area contributed by atoms with E-state index in [1.807, 2.05) is 35.2 Å². The molecule has 0 saturated carbocycles. The molecule has 0 N–H and O–H groups in total. The molecule has 3 heterocycles. The molecule has 0 aliphatic carbocycles. The van der Waals surface area contributed by atoms with Crippen LogP contribution in [-0.4, -0.2) is 56.1 Å². The Kier molecular flexibility index (Phi) is 5.69. The second kappa shape index (κ2) is 8.73. The fourth-order valence-electron chi connectivity index (χ4n) is 3.45. The van der Waals surface area contributed by atoms with Crippen molar-refractivity contribution in [3.63, 3.8) is 0 Å². The first kappa shape index (κ1) is 19.6. The van der Waals surface area contributed by atoms with E-state index in [1.165, 1.54) is 16.8 Å². The lowest BCUT2D eigenvalue weighted by molar-refractivity contribution is -0.132. The van der Waals surface area contributed by atoms with E-state index in [1.54, 1.807) is 23.4 Å². The third-order valence-corrected chi connectivity index (χ3v) is 5.10. The van der Waals surface area contributed by atoms with Gasteiger partial charge in [0.1, 0.15) is 6.54 Å². The molecule has 0 radical (unpaired) electrons. The van der Waals surface area contributed by atoms with E-state index in [-0.39, 0.29) is 12.5 Å². The Hall–Kier alpha value is -3.75. The van der Waals surface area contributed by atoms with Gasteiger partial charge in [-0.3, -0.25) is 18.7 Å². The standard InChI is InChI=1S/C21H22N6O3/c28-18-7-10-26(15-17-5-2-1-3-6-17)21(30)27(18)16-19(29)24-11-13-25(14-12-24)20-22-8-4-9-23-20/h1-10H,11-16H2. The zero-order chi connectivity index (χ0) is 20.9. The number of rotatable bonds is 5. The van der Waals surface area contributed by atoms with Gasteiger partial charge < -0.3 is 9.80 Å². The summed E-state index contributed by atoms with van der Waals surface area (Å²) in [6, 6.07) is 12.6. The highest BCUT2D eigenvalue weighted by Crippen LogP contribution is 2.10. The van der Waals surface area contributed by atoms with Crippen LogP contribution in [0, 0.1) is 0 Å². The molecule has 9 nitrogen and oxygen atoms in total. The summed E-state index contributed by atoms with van der Waals surface area (Å²) in [4.78, 5) is 49.9. The lowest BCUT2D eigenvalue weighted by atomic mass is 10.2. The predicted octanol–water partition coefficient (Wildman–Crippen LogP) is 0.197. The second-order valence-electron chi connectivity index (χ2n) is 7.05. The molecule has 1 aromatic carbocycles. The topological polar surface area (TPSA) is 93.3 Å². The van der Waals surface area contributed by atoms with Crippen molar-refractivity contribution in [3.05, 3.63) is 87.5 Å². The highest BCUT2D eigenvalue weighted by atomic mass is 16.2. The number of hydrogen-bond donors (Lipinski definition) is 0. The maximum Gasteiger partial charge on any atom is 0.331 e. The molecule has 30 heavy (non-hydrogen) atoms. The van der Waals surface area contributed by atoms with Gasteiger partial charge in [0.2, 0.25) is 11.9 Å². The van der Waals surface area contributed by atoms with Gasteiger partial charge in [0.05, 0.1) is 6.54 Å². The Bertz CT molecular complexity index is 1120. The van der Waals surface area contributed by atoms with Gasteiger partial charge in [-0.15, -0.1) is 0 Å². The van der Waals surface area contributed by atoms with E-state index in [4.69, 9.17) is 0 Å². The summed E-state index contributed by atoms with van der Waals surface area (Å²) in [5, 5.41) is 0. The first-order chi connectivity index (χ1) is 14.6. The van der Waals surface area contributed by atoms with Crippen LogP contribution in [0.15, 0.2) is 70.6 Å². The molecule has 0 spiro atoms. The van der Waals surface area contributed by atoms with Crippen LogP contribution in [0.4, 0.5) is 5.95 Å². The molecule has 1 aliphatic heterocycles. The van der Waals surface area contributed by atoms with Crippen LogP contribution >= 0.6 is 0 Å². The monoisotopic (exact) mass is 406 g/mol.